The second-order valence-electron chi connectivity index (χ2n) is 5.88. The standard InChI is InChI=1S/C21H18N2O2/c1-24-18-9-16(10-19(11-18)25-2)21-20(4-3-7-23-21)14-5-6-15-12-22-13-17(15)8-14/h3-11,13H,12H2,1-2H3. The second-order valence-corrected chi connectivity index (χ2v) is 5.88. The molecule has 0 amide bonds. The minimum absolute atomic E-state index is 0.743. The van der Waals surface area contributed by atoms with Crippen LogP contribution < -0.4 is 9.47 Å². The average molecular weight is 330 g/mol. The first-order chi connectivity index (χ1) is 12.3. The normalized spacial score (nSPS) is 12.1. The van der Waals surface area contributed by atoms with Crippen molar-refractivity contribution in [3.63, 3.8) is 0 Å². The third-order valence-corrected chi connectivity index (χ3v) is 4.38. The van der Waals surface area contributed by atoms with Crippen LogP contribution in [0, 0.1) is 0 Å². The highest BCUT2D eigenvalue weighted by Crippen LogP contribution is 2.35. The largest absolute Gasteiger partial charge is 0.497 e. The van der Waals surface area contributed by atoms with Gasteiger partial charge in [-0.3, -0.25) is 9.98 Å². The van der Waals surface area contributed by atoms with E-state index in [1.54, 1.807) is 20.4 Å². The molecule has 1 aromatic heterocycles. The summed E-state index contributed by atoms with van der Waals surface area (Å²) in [4.78, 5) is 8.96. The van der Waals surface area contributed by atoms with Gasteiger partial charge in [-0.15, -0.1) is 0 Å². The van der Waals surface area contributed by atoms with Crippen LogP contribution in [0.15, 0.2) is 59.7 Å². The van der Waals surface area contributed by atoms with Crippen LogP contribution in [-0.2, 0) is 6.54 Å². The topological polar surface area (TPSA) is 43.7 Å². The molecule has 0 saturated heterocycles. The van der Waals surface area contributed by atoms with Crippen LogP contribution in [-0.4, -0.2) is 25.4 Å². The molecule has 0 radical (unpaired) electrons. The molecule has 0 saturated carbocycles. The zero-order chi connectivity index (χ0) is 17.2. The van der Waals surface area contributed by atoms with Crippen LogP contribution in [0.5, 0.6) is 11.5 Å². The maximum Gasteiger partial charge on any atom is 0.123 e. The molecule has 124 valence electrons. The molecule has 0 bridgehead atoms. The average Bonchev–Trinajstić information content (AvgIpc) is 3.15. The van der Waals surface area contributed by atoms with Crippen molar-refractivity contribution >= 4 is 6.21 Å². The Balaban J connectivity index is 1.86. The molecular formula is C21H18N2O2. The Hall–Kier alpha value is -3.14. The van der Waals surface area contributed by atoms with E-state index in [9.17, 15) is 0 Å². The maximum absolute atomic E-state index is 5.40. The number of rotatable bonds is 4. The fraction of sp³-hybridized carbons (Fsp3) is 0.143. The number of pyridine rings is 1. The zero-order valence-electron chi connectivity index (χ0n) is 14.2. The minimum Gasteiger partial charge on any atom is -0.497 e. The van der Waals surface area contributed by atoms with Gasteiger partial charge >= 0.3 is 0 Å². The number of ether oxygens (including phenoxy) is 2. The maximum atomic E-state index is 5.40. The molecule has 0 N–H and O–H groups in total. The van der Waals surface area contributed by atoms with Crippen LogP contribution in [0.1, 0.15) is 11.1 Å². The summed E-state index contributed by atoms with van der Waals surface area (Å²) in [6.45, 7) is 0.766. The van der Waals surface area contributed by atoms with Gasteiger partial charge in [0.25, 0.3) is 0 Å². The third kappa shape index (κ3) is 2.87. The van der Waals surface area contributed by atoms with Crippen molar-refractivity contribution in [3.8, 4) is 33.9 Å². The molecule has 4 rings (SSSR count). The fourth-order valence-electron chi connectivity index (χ4n) is 3.08. The molecule has 3 aromatic rings. The van der Waals surface area contributed by atoms with E-state index in [0.29, 0.717) is 0 Å². The van der Waals surface area contributed by atoms with E-state index in [2.05, 4.69) is 34.2 Å². The molecule has 1 aliphatic rings. The van der Waals surface area contributed by atoms with Gasteiger partial charge < -0.3 is 9.47 Å². The van der Waals surface area contributed by atoms with Gasteiger partial charge in [0.1, 0.15) is 11.5 Å². The van der Waals surface area contributed by atoms with Gasteiger partial charge in [0.2, 0.25) is 0 Å². The van der Waals surface area contributed by atoms with Gasteiger partial charge in [-0.2, -0.15) is 0 Å². The number of aliphatic imine (C=N–C) groups is 1. The summed E-state index contributed by atoms with van der Waals surface area (Å²) in [6.07, 6.45) is 3.74. The number of fused-ring (bicyclic) bond motifs is 1. The zero-order valence-corrected chi connectivity index (χ0v) is 14.2. The smallest absolute Gasteiger partial charge is 0.123 e. The number of nitrogens with zero attached hydrogens (tertiary/aromatic N) is 2. The van der Waals surface area contributed by atoms with Crippen molar-refractivity contribution in [1.82, 2.24) is 4.98 Å². The first-order valence-corrected chi connectivity index (χ1v) is 8.10. The number of benzene rings is 2. The van der Waals surface area contributed by atoms with Crippen molar-refractivity contribution in [2.45, 2.75) is 6.54 Å². The molecule has 0 fully saturated rings. The summed E-state index contributed by atoms with van der Waals surface area (Å²) < 4.78 is 10.8. The van der Waals surface area contributed by atoms with Gasteiger partial charge in [-0.05, 0) is 41.0 Å². The predicted octanol–water partition coefficient (Wildman–Crippen LogP) is 4.37. The lowest BCUT2D eigenvalue weighted by Gasteiger charge is -2.12. The Labute approximate surface area is 146 Å². The molecule has 25 heavy (non-hydrogen) atoms. The van der Waals surface area contributed by atoms with E-state index in [4.69, 9.17) is 9.47 Å². The van der Waals surface area contributed by atoms with Crippen LogP contribution in [0.25, 0.3) is 22.4 Å². The lowest BCUT2D eigenvalue weighted by Crippen LogP contribution is -1.93. The van der Waals surface area contributed by atoms with Gasteiger partial charge in [-0.1, -0.05) is 18.2 Å². The highest BCUT2D eigenvalue weighted by Gasteiger charge is 2.14. The molecule has 0 aliphatic carbocycles. The van der Waals surface area contributed by atoms with Crippen LogP contribution >= 0.6 is 0 Å². The Kier molecular flexibility index (Phi) is 3.94. The second kappa shape index (κ2) is 6.40. The number of hydrogen-bond acceptors (Lipinski definition) is 4. The van der Waals surface area contributed by atoms with Gasteiger partial charge in [-0.25, -0.2) is 0 Å². The number of aromatic nitrogens is 1. The molecule has 0 spiro atoms. The summed E-state index contributed by atoms with van der Waals surface area (Å²) >= 11 is 0. The van der Waals surface area contributed by atoms with E-state index in [1.807, 2.05) is 30.5 Å². The summed E-state index contributed by atoms with van der Waals surface area (Å²) in [7, 11) is 3.30. The SMILES string of the molecule is COc1cc(OC)cc(-c2ncccc2-c2ccc3c(c2)C=NC3)c1. The van der Waals surface area contributed by atoms with Gasteiger partial charge in [0.15, 0.2) is 0 Å². The van der Waals surface area contributed by atoms with E-state index >= 15 is 0 Å². The Morgan fingerprint density at radius 3 is 2.44 bits per heavy atom. The first-order valence-electron chi connectivity index (χ1n) is 8.10. The lowest BCUT2D eigenvalue weighted by molar-refractivity contribution is 0.394. The van der Waals surface area contributed by atoms with Crippen molar-refractivity contribution in [1.29, 1.82) is 0 Å². The van der Waals surface area contributed by atoms with Gasteiger partial charge in [0, 0.05) is 29.6 Å². The Bertz CT molecular complexity index is 942. The first kappa shape index (κ1) is 15.4. The molecule has 4 heteroatoms. The van der Waals surface area contributed by atoms with Crippen LogP contribution in [0.2, 0.25) is 0 Å². The monoisotopic (exact) mass is 330 g/mol. The molecule has 4 nitrogen and oxygen atoms in total. The number of methoxy groups -OCH3 is 2. The van der Waals surface area contributed by atoms with Crippen molar-refractivity contribution in [2.75, 3.05) is 14.2 Å². The lowest BCUT2D eigenvalue weighted by atomic mass is 9.96. The van der Waals surface area contributed by atoms with Crippen LogP contribution in [0.4, 0.5) is 0 Å². The molecular weight excluding hydrogens is 312 g/mol. The fourth-order valence-corrected chi connectivity index (χ4v) is 3.08. The van der Waals surface area contributed by atoms with E-state index in [0.717, 1.165) is 40.4 Å². The highest BCUT2D eigenvalue weighted by atomic mass is 16.5. The van der Waals surface area contributed by atoms with E-state index < -0.39 is 0 Å². The number of hydrogen-bond donors (Lipinski definition) is 0. The summed E-state index contributed by atoms with van der Waals surface area (Å²) in [5, 5.41) is 0. The summed E-state index contributed by atoms with van der Waals surface area (Å²) in [5.41, 5.74) is 6.49. The van der Waals surface area contributed by atoms with Crippen molar-refractivity contribution in [2.24, 2.45) is 4.99 Å². The molecule has 2 heterocycles. The molecule has 1 aliphatic heterocycles. The Morgan fingerprint density at radius 1 is 0.880 bits per heavy atom. The summed E-state index contributed by atoms with van der Waals surface area (Å²) in [6, 6.07) is 16.3. The van der Waals surface area contributed by atoms with Gasteiger partial charge in [0.05, 0.1) is 26.5 Å². The predicted molar refractivity (Wildman–Crippen MR) is 99.5 cm³/mol. The minimum atomic E-state index is 0.743. The van der Waals surface area contributed by atoms with E-state index in [-0.39, 0.29) is 0 Å². The molecule has 0 atom stereocenters. The quantitative estimate of drug-likeness (QED) is 0.713. The highest BCUT2D eigenvalue weighted by molar-refractivity contribution is 5.89. The van der Waals surface area contributed by atoms with Crippen molar-refractivity contribution in [3.05, 3.63) is 65.9 Å². The molecule has 2 aromatic carbocycles. The Morgan fingerprint density at radius 2 is 1.68 bits per heavy atom. The summed E-state index contributed by atoms with van der Waals surface area (Å²) in [5.74, 6) is 1.49. The van der Waals surface area contributed by atoms with Crippen LogP contribution in [0.3, 0.4) is 0 Å². The third-order valence-electron chi connectivity index (χ3n) is 4.38. The van der Waals surface area contributed by atoms with E-state index in [1.165, 1.54) is 11.1 Å². The molecule has 0 unspecified atom stereocenters. The van der Waals surface area contributed by atoms with Crippen molar-refractivity contribution < 1.29 is 9.47 Å².